The minimum atomic E-state index is -1.22. The van der Waals surface area contributed by atoms with Gasteiger partial charge in [-0.3, -0.25) is 4.79 Å². The fourth-order valence-corrected chi connectivity index (χ4v) is 3.78. The Morgan fingerprint density at radius 3 is 2.38 bits per heavy atom. The van der Waals surface area contributed by atoms with E-state index in [0.29, 0.717) is 12.2 Å². The zero-order valence-corrected chi connectivity index (χ0v) is 15.6. The molecule has 1 aliphatic rings. The van der Waals surface area contributed by atoms with Crippen LogP contribution in [0.3, 0.4) is 0 Å². The highest BCUT2D eigenvalue weighted by Crippen LogP contribution is 2.42. The van der Waals surface area contributed by atoms with Crippen LogP contribution in [0.15, 0.2) is 54.6 Å². The third-order valence-electron chi connectivity index (χ3n) is 5.31. The van der Waals surface area contributed by atoms with Crippen molar-refractivity contribution in [2.45, 2.75) is 44.2 Å². The van der Waals surface area contributed by atoms with Gasteiger partial charge in [0.2, 0.25) is 5.91 Å². The van der Waals surface area contributed by atoms with Crippen LogP contribution in [0.5, 0.6) is 0 Å². The lowest BCUT2D eigenvalue weighted by Gasteiger charge is -2.41. The Kier molecular flexibility index (Phi) is 5.42. The summed E-state index contributed by atoms with van der Waals surface area (Å²) in [5.74, 6) is -0.502. The van der Waals surface area contributed by atoms with Crippen LogP contribution < -0.4 is 0 Å². The standard InChI is InChI=1S/C22H26FNO2/c1-4-26-16(2)22(17-10-6-5-7-11-17,19-12-8-9-13-20(19)23)21(25)24(3)18-14-15-18/h5-13,16,18H,4,14-15H2,1-3H3. The van der Waals surface area contributed by atoms with Crippen molar-refractivity contribution in [2.75, 3.05) is 13.7 Å². The third kappa shape index (κ3) is 3.14. The molecule has 2 atom stereocenters. The van der Waals surface area contributed by atoms with Crippen LogP contribution in [-0.4, -0.2) is 36.6 Å². The molecule has 0 N–H and O–H groups in total. The second-order valence-corrected chi connectivity index (χ2v) is 6.90. The van der Waals surface area contributed by atoms with E-state index in [9.17, 15) is 9.18 Å². The zero-order chi connectivity index (χ0) is 18.7. The van der Waals surface area contributed by atoms with Gasteiger partial charge in [-0.05, 0) is 38.3 Å². The van der Waals surface area contributed by atoms with Crippen molar-refractivity contribution in [1.29, 1.82) is 0 Å². The summed E-state index contributed by atoms with van der Waals surface area (Å²) < 4.78 is 20.9. The molecule has 0 heterocycles. The lowest BCUT2D eigenvalue weighted by Crippen LogP contribution is -2.54. The van der Waals surface area contributed by atoms with Crippen molar-refractivity contribution >= 4 is 5.91 Å². The molecule has 1 aliphatic carbocycles. The molecule has 0 bridgehead atoms. The Hall–Kier alpha value is -2.20. The Bertz CT molecular complexity index is 760. The Labute approximate surface area is 154 Å². The molecule has 3 rings (SSSR count). The molecule has 2 unspecified atom stereocenters. The van der Waals surface area contributed by atoms with Crippen molar-refractivity contribution in [3.8, 4) is 0 Å². The van der Waals surface area contributed by atoms with E-state index in [1.807, 2.05) is 51.2 Å². The van der Waals surface area contributed by atoms with Gasteiger partial charge in [0.15, 0.2) is 0 Å². The molecule has 4 heteroatoms. The molecule has 0 spiro atoms. The minimum Gasteiger partial charge on any atom is -0.377 e. The van der Waals surface area contributed by atoms with Gasteiger partial charge in [-0.15, -0.1) is 0 Å². The molecule has 3 nitrogen and oxygen atoms in total. The number of rotatable bonds is 7. The normalized spacial score (nSPS) is 17.4. The lowest BCUT2D eigenvalue weighted by molar-refractivity contribution is -0.140. The molecular weight excluding hydrogens is 329 g/mol. The molecule has 2 aromatic carbocycles. The van der Waals surface area contributed by atoms with Gasteiger partial charge < -0.3 is 9.64 Å². The lowest BCUT2D eigenvalue weighted by atomic mass is 9.69. The SMILES string of the molecule is CCOC(C)C(C(=O)N(C)C1CC1)(c1ccccc1)c1ccccc1F. The summed E-state index contributed by atoms with van der Waals surface area (Å²) in [6, 6.07) is 16.2. The summed E-state index contributed by atoms with van der Waals surface area (Å²) in [5.41, 5.74) is -0.104. The molecule has 0 aliphatic heterocycles. The van der Waals surface area contributed by atoms with Crippen LogP contribution in [0.4, 0.5) is 4.39 Å². The third-order valence-corrected chi connectivity index (χ3v) is 5.31. The van der Waals surface area contributed by atoms with E-state index < -0.39 is 11.5 Å². The van der Waals surface area contributed by atoms with Crippen LogP contribution in [0.1, 0.15) is 37.8 Å². The summed E-state index contributed by atoms with van der Waals surface area (Å²) in [6.45, 7) is 4.20. The number of likely N-dealkylation sites (N-methyl/N-ethyl adjacent to an activating group) is 1. The van der Waals surface area contributed by atoms with Crippen molar-refractivity contribution in [2.24, 2.45) is 0 Å². The largest absolute Gasteiger partial charge is 0.377 e. The number of carbonyl (C=O) groups excluding carboxylic acids is 1. The van der Waals surface area contributed by atoms with Gasteiger partial charge in [0.05, 0.1) is 6.10 Å². The number of amides is 1. The van der Waals surface area contributed by atoms with Gasteiger partial charge in [-0.25, -0.2) is 4.39 Å². The number of nitrogens with zero attached hydrogens (tertiary/aromatic N) is 1. The van der Waals surface area contributed by atoms with Gasteiger partial charge in [-0.1, -0.05) is 48.5 Å². The van der Waals surface area contributed by atoms with Crippen molar-refractivity contribution < 1.29 is 13.9 Å². The molecule has 1 saturated carbocycles. The topological polar surface area (TPSA) is 29.5 Å². The van der Waals surface area contributed by atoms with Gasteiger partial charge in [-0.2, -0.15) is 0 Å². The molecule has 1 fully saturated rings. The Morgan fingerprint density at radius 1 is 1.19 bits per heavy atom. The van der Waals surface area contributed by atoms with Crippen molar-refractivity contribution in [1.82, 2.24) is 4.90 Å². The van der Waals surface area contributed by atoms with Gasteiger partial charge in [0.1, 0.15) is 11.2 Å². The molecule has 2 aromatic rings. The average Bonchev–Trinajstić information content (AvgIpc) is 3.49. The minimum absolute atomic E-state index is 0.114. The van der Waals surface area contributed by atoms with E-state index in [-0.39, 0.29) is 17.8 Å². The molecule has 0 aromatic heterocycles. The van der Waals surface area contributed by atoms with E-state index in [2.05, 4.69) is 0 Å². The highest BCUT2D eigenvalue weighted by molar-refractivity contribution is 5.93. The fourth-order valence-electron chi connectivity index (χ4n) is 3.78. The Balaban J connectivity index is 2.27. The number of ether oxygens (including phenoxy) is 1. The maximum absolute atomic E-state index is 15.0. The smallest absolute Gasteiger partial charge is 0.240 e. The number of carbonyl (C=O) groups is 1. The van der Waals surface area contributed by atoms with Gasteiger partial charge in [0, 0.05) is 25.3 Å². The monoisotopic (exact) mass is 355 g/mol. The zero-order valence-electron chi connectivity index (χ0n) is 15.6. The molecule has 26 heavy (non-hydrogen) atoms. The second-order valence-electron chi connectivity index (χ2n) is 6.90. The summed E-state index contributed by atoms with van der Waals surface area (Å²) >= 11 is 0. The van der Waals surface area contributed by atoms with Gasteiger partial charge >= 0.3 is 0 Å². The molecule has 1 amide bonds. The fraction of sp³-hybridized carbons (Fsp3) is 0.409. The molecular formula is C22H26FNO2. The molecule has 0 radical (unpaired) electrons. The van der Waals surface area contributed by atoms with Crippen LogP contribution in [0, 0.1) is 5.82 Å². The van der Waals surface area contributed by atoms with Crippen LogP contribution >= 0.6 is 0 Å². The second kappa shape index (κ2) is 7.58. The summed E-state index contributed by atoms with van der Waals surface area (Å²) in [6.07, 6.45) is 1.47. The molecule has 0 saturated heterocycles. The van der Waals surface area contributed by atoms with E-state index in [0.717, 1.165) is 18.4 Å². The van der Waals surface area contributed by atoms with Crippen LogP contribution in [-0.2, 0) is 14.9 Å². The van der Waals surface area contributed by atoms with Crippen LogP contribution in [0.2, 0.25) is 0 Å². The summed E-state index contributed by atoms with van der Waals surface area (Å²) in [5, 5.41) is 0. The van der Waals surface area contributed by atoms with Crippen LogP contribution in [0.25, 0.3) is 0 Å². The quantitative estimate of drug-likeness (QED) is 0.746. The first-order valence-corrected chi connectivity index (χ1v) is 9.22. The van der Waals surface area contributed by atoms with Crippen molar-refractivity contribution in [3.63, 3.8) is 0 Å². The van der Waals surface area contributed by atoms with Crippen molar-refractivity contribution in [3.05, 3.63) is 71.5 Å². The number of benzene rings is 2. The highest BCUT2D eigenvalue weighted by atomic mass is 19.1. The van der Waals surface area contributed by atoms with E-state index in [1.54, 1.807) is 23.1 Å². The summed E-state index contributed by atoms with van der Waals surface area (Å²) in [4.78, 5) is 15.6. The van der Waals surface area contributed by atoms with Gasteiger partial charge in [0.25, 0.3) is 0 Å². The first kappa shape index (κ1) is 18.6. The predicted octanol–water partition coefficient (Wildman–Crippen LogP) is 4.16. The number of hydrogen-bond acceptors (Lipinski definition) is 2. The highest BCUT2D eigenvalue weighted by Gasteiger charge is 2.52. The van der Waals surface area contributed by atoms with E-state index in [1.165, 1.54) is 6.07 Å². The summed E-state index contributed by atoms with van der Waals surface area (Å²) in [7, 11) is 1.82. The Morgan fingerprint density at radius 2 is 1.81 bits per heavy atom. The number of halogens is 1. The average molecular weight is 355 g/mol. The predicted molar refractivity (Wildman–Crippen MR) is 101 cm³/mol. The van der Waals surface area contributed by atoms with E-state index >= 15 is 0 Å². The maximum Gasteiger partial charge on any atom is 0.240 e. The first-order chi connectivity index (χ1) is 12.5. The maximum atomic E-state index is 15.0. The number of hydrogen-bond donors (Lipinski definition) is 0. The van der Waals surface area contributed by atoms with E-state index in [4.69, 9.17) is 4.74 Å². The molecule has 138 valence electrons. The first-order valence-electron chi connectivity index (χ1n) is 9.22.